The molecule has 0 aromatic carbocycles. The first-order chi connectivity index (χ1) is 10.2. The van der Waals surface area contributed by atoms with E-state index < -0.39 is 0 Å². The molecule has 0 bridgehead atoms. The van der Waals surface area contributed by atoms with Gasteiger partial charge in [0.1, 0.15) is 6.10 Å². The van der Waals surface area contributed by atoms with Crippen LogP contribution in [0.5, 0.6) is 0 Å². The van der Waals surface area contributed by atoms with Crippen molar-refractivity contribution in [3.8, 4) is 0 Å². The van der Waals surface area contributed by atoms with Crippen LogP contribution in [0.25, 0.3) is 0 Å². The summed E-state index contributed by atoms with van der Waals surface area (Å²) < 4.78 is 5.94. The highest BCUT2D eigenvalue weighted by Crippen LogP contribution is 2.26. The molecule has 21 heavy (non-hydrogen) atoms. The SMILES string of the molecule is CCN1CCOC(c2nc3c(c(C(C)C)n2)CNCC3)C1. The van der Waals surface area contributed by atoms with E-state index in [4.69, 9.17) is 14.7 Å². The van der Waals surface area contributed by atoms with Gasteiger partial charge in [0.05, 0.1) is 18.0 Å². The topological polar surface area (TPSA) is 50.3 Å². The van der Waals surface area contributed by atoms with Crippen LogP contribution in [-0.4, -0.2) is 47.7 Å². The maximum atomic E-state index is 5.94. The number of hydrogen-bond acceptors (Lipinski definition) is 5. The summed E-state index contributed by atoms with van der Waals surface area (Å²) in [5.74, 6) is 1.31. The van der Waals surface area contributed by atoms with Crippen molar-refractivity contribution in [1.29, 1.82) is 0 Å². The minimum atomic E-state index is 0.0244. The Kier molecular flexibility index (Phi) is 4.52. The number of ether oxygens (including phenoxy) is 1. The Bertz CT molecular complexity index is 503. The summed E-state index contributed by atoms with van der Waals surface area (Å²) >= 11 is 0. The lowest BCUT2D eigenvalue weighted by Crippen LogP contribution is -2.39. The number of fused-ring (bicyclic) bond motifs is 1. The van der Waals surface area contributed by atoms with E-state index >= 15 is 0 Å². The molecule has 0 amide bonds. The van der Waals surface area contributed by atoms with E-state index in [0.717, 1.165) is 51.6 Å². The van der Waals surface area contributed by atoms with Gasteiger partial charge in [-0.1, -0.05) is 20.8 Å². The van der Waals surface area contributed by atoms with Crippen molar-refractivity contribution in [3.05, 3.63) is 22.8 Å². The molecule has 1 aromatic rings. The van der Waals surface area contributed by atoms with Gasteiger partial charge in [-0.2, -0.15) is 0 Å². The highest BCUT2D eigenvalue weighted by Gasteiger charge is 2.27. The quantitative estimate of drug-likeness (QED) is 0.917. The maximum Gasteiger partial charge on any atom is 0.158 e. The summed E-state index contributed by atoms with van der Waals surface area (Å²) in [5, 5.41) is 3.43. The van der Waals surface area contributed by atoms with Crippen LogP contribution in [0, 0.1) is 0 Å². The van der Waals surface area contributed by atoms with Crippen molar-refractivity contribution in [3.63, 3.8) is 0 Å². The van der Waals surface area contributed by atoms with Crippen molar-refractivity contribution in [2.45, 2.75) is 45.8 Å². The zero-order chi connectivity index (χ0) is 14.8. The molecule has 1 aromatic heterocycles. The molecule has 0 radical (unpaired) electrons. The fourth-order valence-corrected chi connectivity index (χ4v) is 3.16. The Morgan fingerprint density at radius 2 is 2.24 bits per heavy atom. The van der Waals surface area contributed by atoms with Gasteiger partial charge < -0.3 is 10.1 Å². The molecule has 0 spiro atoms. The second kappa shape index (κ2) is 6.38. The Morgan fingerprint density at radius 1 is 1.38 bits per heavy atom. The van der Waals surface area contributed by atoms with Crippen molar-refractivity contribution >= 4 is 0 Å². The van der Waals surface area contributed by atoms with Gasteiger partial charge in [-0.05, 0) is 12.5 Å². The van der Waals surface area contributed by atoms with E-state index in [2.05, 4.69) is 31.0 Å². The summed E-state index contributed by atoms with van der Waals surface area (Å²) in [5.41, 5.74) is 3.72. The molecule has 3 heterocycles. The molecule has 5 heteroatoms. The van der Waals surface area contributed by atoms with Gasteiger partial charge in [0.25, 0.3) is 0 Å². The normalized spacial score (nSPS) is 23.3. The summed E-state index contributed by atoms with van der Waals surface area (Å²) in [6.45, 7) is 12.3. The number of likely N-dealkylation sites (N-methyl/N-ethyl adjacent to an activating group) is 1. The van der Waals surface area contributed by atoms with Gasteiger partial charge in [-0.3, -0.25) is 4.90 Å². The lowest BCUT2D eigenvalue weighted by atomic mass is 9.98. The Balaban J connectivity index is 1.93. The minimum Gasteiger partial charge on any atom is -0.368 e. The van der Waals surface area contributed by atoms with E-state index in [9.17, 15) is 0 Å². The first kappa shape index (κ1) is 14.9. The van der Waals surface area contributed by atoms with Gasteiger partial charge >= 0.3 is 0 Å². The van der Waals surface area contributed by atoms with E-state index in [1.54, 1.807) is 0 Å². The lowest BCUT2D eigenvalue weighted by Gasteiger charge is -2.32. The fraction of sp³-hybridized carbons (Fsp3) is 0.750. The standard InChI is InChI=1S/C16H26N4O/c1-4-20-7-8-21-14(10-20)16-18-13-5-6-17-9-12(13)15(19-16)11(2)3/h11,14,17H,4-10H2,1-3H3. The third-order valence-corrected chi connectivity index (χ3v) is 4.42. The highest BCUT2D eigenvalue weighted by atomic mass is 16.5. The number of nitrogens with one attached hydrogen (secondary N) is 1. The van der Waals surface area contributed by atoms with Crippen LogP contribution < -0.4 is 5.32 Å². The van der Waals surface area contributed by atoms with Crippen molar-refractivity contribution in [2.75, 3.05) is 32.8 Å². The smallest absolute Gasteiger partial charge is 0.158 e. The summed E-state index contributed by atoms with van der Waals surface area (Å²) in [7, 11) is 0. The first-order valence-electron chi connectivity index (χ1n) is 8.13. The van der Waals surface area contributed by atoms with E-state index in [-0.39, 0.29) is 6.10 Å². The molecule has 2 aliphatic rings. The average molecular weight is 290 g/mol. The third kappa shape index (κ3) is 3.10. The molecule has 3 rings (SSSR count). The van der Waals surface area contributed by atoms with Crippen molar-refractivity contribution in [2.24, 2.45) is 0 Å². The van der Waals surface area contributed by atoms with Gasteiger partial charge in [0.2, 0.25) is 0 Å². The van der Waals surface area contributed by atoms with E-state index in [0.29, 0.717) is 5.92 Å². The van der Waals surface area contributed by atoms with Gasteiger partial charge in [0, 0.05) is 38.2 Å². The van der Waals surface area contributed by atoms with Crippen LogP contribution in [0.3, 0.4) is 0 Å². The number of morpholine rings is 1. The Labute approximate surface area is 127 Å². The van der Waals surface area contributed by atoms with Crippen LogP contribution in [-0.2, 0) is 17.7 Å². The fourth-order valence-electron chi connectivity index (χ4n) is 3.16. The van der Waals surface area contributed by atoms with Crippen molar-refractivity contribution < 1.29 is 4.74 Å². The van der Waals surface area contributed by atoms with E-state index in [1.165, 1.54) is 17.0 Å². The highest BCUT2D eigenvalue weighted by molar-refractivity contribution is 5.30. The molecule has 0 aliphatic carbocycles. The monoisotopic (exact) mass is 290 g/mol. The second-order valence-electron chi connectivity index (χ2n) is 6.23. The second-order valence-corrected chi connectivity index (χ2v) is 6.23. The molecule has 5 nitrogen and oxygen atoms in total. The molecule has 1 atom stereocenters. The molecule has 0 saturated carbocycles. The Morgan fingerprint density at radius 3 is 3.00 bits per heavy atom. The number of nitrogens with zero attached hydrogens (tertiary/aromatic N) is 3. The predicted molar refractivity (Wildman–Crippen MR) is 82.3 cm³/mol. The van der Waals surface area contributed by atoms with Crippen LogP contribution in [0.1, 0.15) is 55.6 Å². The van der Waals surface area contributed by atoms with Crippen LogP contribution >= 0.6 is 0 Å². The Hall–Kier alpha value is -1.04. The van der Waals surface area contributed by atoms with Crippen molar-refractivity contribution in [1.82, 2.24) is 20.2 Å². The van der Waals surface area contributed by atoms with Crippen LogP contribution in [0.4, 0.5) is 0 Å². The molecule has 1 unspecified atom stereocenters. The molecule has 1 saturated heterocycles. The number of hydrogen-bond donors (Lipinski definition) is 1. The maximum absolute atomic E-state index is 5.94. The van der Waals surface area contributed by atoms with E-state index in [1.807, 2.05) is 0 Å². The largest absolute Gasteiger partial charge is 0.368 e. The molecular formula is C16H26N4O. The first-order valence-corrected chi connectivity index (χ1v) is 8.13. The summed E-state index contributed by atoms with van der Waals surface area (Å²) in [4.78, 5) is 12.1. The molecule has 1 N–H and O–H groups in total. The summed E-state index contributed by atoms with van der Waals surface area (Å²) in [6, 6.07) is 0. The molecule has 2 aliphatic heterocycles. The number of rotatable bonds is 3. The lowest BCUT2D eigenvalue weighted by molar-refractivity contribution is -0.0328. The average Bonchev–Trinajstić information content (AvgIpc) is 2.53. The summed E-state index contributed by atoms with van der Waals surface area (Å²) in [6.07, 6.45) is 1.02. The number of aromatic nitrogens is 2. The van der Waals surface area contributed by atoms with Crippen LogP contribution in [0.2, 0.25) is 0 Å². The predicted octanol–water partition coefficient (Wildman–Crippen LogP) is 1.64. The van der Waals surface area contributed by atoms with Crippen LogP contribution in [0.15, 0.2) is 0 Å². The zero-order valence-electron chi connectivity index (χ0n) is 13.4. The molecule has 116 valence electrons. The van der Waals surface area contributed by atoms with Gasteiger partial charge in [-0.25, -0.2) is 9.97 Å². The zero-order valence-corrected chi connectivity index (χ0v) is 13.4. The van der Waals surface area contributed by atoms with Gasteiger partial charge in [0.15, 0.2) is 5.82 Å². The third-order valence-electron chi connectivity index (χ3n) is 4.42. The molecule has 1 fully saturated rings. The van der Waals surface area contributed by atoms with Gasteiger partial charge in [-0.15, -0.1) is 0 Å². The molecular weight excluding hydrogens is 264 g/mol. The minimum absolute atomic E-state index is 0.0244.